The molecular weight excluding hydrogens is 417 g/mol. The average Bonchev–Trinajstić information content (AvgIpc) is 2.63. The maximum absolute atomic E-state index is 12.9. The molecule has 0 aliphatic heterocycles. The summed E-state index contributed by atoms with van der Waals surface area (Å²) in [6.45, 7) is 5.00. The minimum absolute atomic E-state index is 0.262. The molecule has 0 aliphatic carbocycles. The molecule has 2 amide bonds. The van der Waals surface area contributed by atoms with Gasteiger partial charge in [0.2, 0.25) is 0 Å². The van der Waals surface area contributed by atoms with E-state index in [0.29, 0.717) is 34.0 Å². The second kappa shape index (κ2) is 8.99. The molecule has 0 fully saturated rings. The molecule has 1 N–H and O–H groups in total. The molecular formula is C21H20Cl3N3O. The summed E-state index contributed by atoms with van der Waals surface area (Å²) >= 11 is 18.5. The molecule has 1 aromatic heterocycles. The number of halogens is 3. The number of urea groups is 1. The Kier molecular flexibility index (Phi) is 6.65. The van der Waals surface area contributed by atoms with Crippen molar-refractivity contribution in [1.29, 1.82) is 0 Å². The molecule has 1 heterocycles. The van der Waals surface area contributed by atoms with Gasteiger partial charge >= 0.3 is 6.03 Å². The van der Waals surface area contributed by atoms with Crippen LogP contribution in [0.4, 0.5) is 10.5 Å². The number of nitrogens with zero attached hydrogens (tertiary/aromatic N) is 2. The van der Waals surface area contributed by atoms with Crippen molar-refractivity contribution in [3.8, 4) is 0 Å². The number of rotatable bonds is 5. The van der Waals surface area contributed by atoms with Gasteiger partial charge in [0, 0.05) is 22.5 Å². The minimum atomic E-state index is -0.262. The lowest BCUT2D eigenvalue weighted by Gasteiger charge is -2.25. The average molecular weight is 437 g/mol. The number of fused-ring (bicyclic) bond motifs is 1. The molecule has 3 aromatic rings. The van der Waals surface area contributed by atoms with Gasteiger partial charge in [0.15, 0.2) is 0 Å². The van der Waals surface area contributed by atoms with E-state index in [1.165, 1.54) is 0 Å². The van der Waals surface area contributed by atoms with E-state index in [2.05, 4.69) is 24.1 Å². The van der Waals surface area contributed by atoms with Crippen molar-refractivity contribution < 1.29 is 4.79 Å². The molecule has 7 heteroatoms. The second-order valence-electron chi connectivity index (χ2n) is 6.96. The Morgan fingerprint density at radius 2 is 1.86 bits per heavy atom. The Morgan fingerprint density at radius 3 is 2.57 bits per heavy atom. The summed E-state index contributed by atoms with van der Waals surface area (Å²) in [5, 5.41) is 5.12. The molecule has 28 heavy (non-hydrogen) atoms. The molecule has 0 spiro atoms. The van der Waals surface area contributed by atoms with E-state index >= 15 is 0 Å². The van der Waals surface area contributed by atoms with E-state index in [4.69, 9.17) is 34.8 Å². The van der Waals surface area contributed by atoms with Gasteiger partial charge in [0.05, 0.1) is 22.8 Å². The van der Waals surface area contributed by atoms with Gasteiger partial charge in [0.1, 0.15) is 5.15 Å². The normalized spacial score (nSPS) is 11.1. The molecule has 0 aliphatic rings. The van der Waals surface area contributed by atoms with Gasteiger partial charge in [-0.15, -0.1) is 0 Å². The third-order valence-corrected chi connectivity index (χ3v) is 5.03. The van der Waals surface area contributed by atoms with Crippen molar-refractivity contribution in [3.63, 3.8) is 0 Å². The number of hydrogen-bond acceptors (Lipinski definition) is 2. The largest absolute Gasteiger partial charge is 0.322 e. The number of para-hydroxylation sites is 1. The first-order valence-electron chi connectivity index (χ1n) is 8.88. The van der Waals surface area contributed by atoms with Crippen molar-refractivity contribution in [2.24, 2.45) is 5.92 Å². The highest BCUT2D eigenvalue weighted by atomic mass is 35.5. The molecule has 0 atom stereocenters. The lowest BCUT2D eigenvalue weighted by molar-refractivity contribution is 0.201. The van der Waals surface area contributed by atoms with Crippen LogP contribution in [0.5, 0.6) is 0 Å². The predicted octanol–water partition coefficient (Wildman–Crippen LogP) is 6.89. The monoisotopic (exact) mass is 435 g/mol. The van der Waals surface area contributed by atoms with E-state index in [-0.39, 0.29) is 11.9 Å². The third kappa shape index (κ3) is 5.07. The van der Waals surface area contributed by atoms with Gasteiger partial charge in [-0.05, 0) is 36.2 Å². The SMILES string of the molecule is CC(C)CN(Cc1cc2ccccc2nc1Cl)C(=O)Nc1ccc(Cl)cc1Cl. The lowest BCUT2D eigenvalue weighted by Crippen LogP contribution is -2.37. The van der Waals surface area contributed by atoms with Gasteiger partial charge in [-0.1, -0.05) is 66.8 Å². The van der Waals surface area contributed by atoms with E-state index in [1.54, 1.807) is 23.1 Å². The standard InChI is InChI=1S/C21H20Cl3N3O/c1-13(2)11-27(21(28)26-19-8-7-16(22)10-17(19)23)12-15-9-14-5-3-4-6-18(14)25-20(15)24/h3-10,13H,11-12H2,1-2H3,(H,26,28). The maximum atomic E-state index is 12.9. The Labute approximate surface area is 179 Å². The number of benzene rings is 2. The van der Waals surface area contributed by atoms with Crippen LogP contribution >= 0.6 is 34.8 Å². The summed E-state index contributed by atoms with van der Waals surface area (Å²) < 4.78 is 0. The Hall–Kier alpha value is -2.01. The first-order valence-corrected chi connectivity index (χ1v) is 10.0. The zero-order valence-corrected chi connectivity index (χ0v) is 17.8. The Bertz CT molecular complexity index is 1010. The number of hydrogen-bond donors (Lipinski definition) is 1. The number of carbonyl (C=O) groups excluding carboxylic acids is 1. The molecule has 0 radical (unpaired) electrons. The maximum Gasteiger partial charge on any atom is 0.322 e. The first-order chi connectivity index (χ1) is 13.3. The number of pyridine rings is 1. The van der Waals surface area contributed by atoms with Crippen molar-refractivity contribution in [1.82, 2.24) is 9.88 Å². The van der Waals surface area contributed by atoms with Crippen LogP contribution in [0, 0.1) is 5.92 Å². The molecule has 4 nitrogen and oxygen atoms in total. The predicted molar refractivity (Wildman–Crippen MR) is 117 cm³/mol. The van der Waals surface area contributed by atoms with Crippen molar-refractivity contribution in [2.75, 3.05) is 11.9 Å². The molecule has 0 bridgehead atoms. The summed E-state index contributed by atoms with van der Waals surface area (Å²) in [5.41, 5.74) is 2.12. The fourth-order valence-electron chi connectivity index (χ4n) is 2.90. The number of carbonyl (C=O) groups is 1. The van der Waals surface area contributed by atoms with Crippen LogP contribution in [0.1, 0.15) is 19.4 Å². The van der Waals surface area contributed by atoms with Crippen molar-refractivity contribution in [3.05, 3.63) is 69.3 Å². The minimum Gasteiger partial charge on any atom is -0.320 e. The van der Waals surface area contributed by atoms with Crippen LogP contribution < -0.4 is 5.32 Å². The summed E-state index contributed by atoms with van der Waals surface area (Å²) in [6, 6.07) is 14.4. The molecule has 3 rings (SSSR count). The second-order valence-corrected chi connectivity index (χ2v) is 8.16. The van der Waals surface area contributed by atoms with Crippen LogP contribution in [0.25, 0.3) is 10.9 Å². The van der Waals surface area contributed by atoms with Gasteiger partial charge in [0.25, 0.3) is 0 Å². The highest BCUT2D eigenvalue weighted by Crippen LogP contribution is 2.27. The zero-order chi connectivity index (χ0) is 20.3. The molecule has 0 unspecified atom stereocenters. The number of amides is 2. The van der Waals surface area contributed by atoms with Crippen LogP contribution in [-0.4, -0.2) is 22.5 Å². The Balaban J connectivity index is 1.85. The van der Waals surface area contributed by atoms with E-state index in [9.17, 15) is 4.79 Å². The fraction of sp³-hybridized carbons (Fsp3) is 0.238. The Morgan fingerprint density at radius 1 is 1.11 bits per heavy atom. The number of nitrogens with one attached hydrogen (secondary N) is 1. The summed E-state index contributed by atoms with van der Waals surface area (Å²) in [7, 11) is 0. The van der Waals surface area contributed by atoms with Gasteiger partial charge in [-0.2, -0.15) is 0 Å². The summed E-state index contributed by atoms with van der Waals surface area (Å²) in [6.07, 6.45) is 0. The molecule has 0 saturated heterocycles. The number of anilines is 1. The molecule has 2 aromatic carbocycles. The van der Waals surface area contributed by atoms with E-state index in [0.717, 1.165) is 16.5 Å². The smallest absolute Gasteiger partial charge is 0.320 e. The zero-order valence-electron chi connectivity index (χ0n) is 15.5. The van der Waals surface area contributed by atoms with Crippen LogP contribution in [-0.2, 0) is 6.54 Å². The van der Waals surface area contributed by atoms with Crippen molar-refractivity contribution in [2.45, 2.75) is 20.4 Å². The summed E-state index contributed by atoms with van der Waals surface area (Å²) in [5.74, 6) is 0.277. The highest BCUT2D eigenvalue weighted by molar-refractivity contribution is 6.36. The lowest BCUT2D eigenvalue weighted by atomic mass is 10.1. The van der Waals surface area contributed by atoms with Crippen molar-refractivity contribution >= 4 is 57.4 Å². The first kappa shape index (κ1) is 20.7. The van der Waals surface area contributed by atoms with E-state index < -0.39 is 0 Å². The van der Waals surface area contributed by atoms with Gasteiger partial charge in [-0.25, -0.2) is 9.78 Å². The van der Waals surface area contributed by atoms with Crippen LogP contribution in [0.2, 0.25) is 15.2 Å². The van der Waals surface area contributed by atoms with Gasteiger partial charge < -0.3 is 10.2 Å². The highest BCUT2D eigenvalue weighted by Gasteiger charge is 2.19. The third-order valence-electron chi connectivity index (χ3n) is 4.16. The fourth-order valence-corrected chi connectivity index (χ4v) is 3.56. The van der Waals surface area contributed by atoms with Gasteiger partial charge in [-0.3, -0.25) is 0 Å². The topological polar surface area (TPSA) is 45.2 Å². The van der Waals surface area contributed by atoms with Crippen LogP contribution in [0.3, 0.4) is 0 Å². The summed E-state index contributed by atoms with van der Waals surface area (Å²) in [4.78, 5) is 19.1. The molecule has 0 saturated carbocycles. The number of aromatic nitrogens is 1. The van der Waals surface area contributed by atoms with E-state index in [1.807, 2.05) is 30.3 Å². The molecule has 146 valence electrons. The quantitative estimate of drug-likeness (QED) is 0.443. The van der Waals surface area contributed by atoms with Crippen LogP contribution in [0.15, 0.2) is 48.5 Å².